The van der Waals surface area contributed by atoms with Gasteiger partial charge in [0, 0.05) is 16.3 Å². The SMILES string of the molecule is c1ccc2c(c1)oc1ccc(-c3nn[nH]n3)cc12. The zero-order valence-corrected chi connectivity index (χ0v) is 9.29. The van der Waals surface area contributed by atoms with Crippen molar-refractivity contribution in [1.29, 1.82) is 0 Å². The second kappa shape index (κ2) is 3.40. The Kier molecular flexibility index (Phi) is 1.77. The van der Waals surface area contributed by atoms with E-state index in [0.29, 0.717) is 5.82 Å². The quantitative estimate of drug-likeness (QED) is 0.551. The second-order valence-electron chi connectivity index (χ2n) is 4.04. The van der Waals surface area contributed by atoms with E-state index >= 15 is 0 Å². The molecule has 4 rings (SSSR count). The fourth-order valence-corrected chi connectivity index (χ4v) is 2.15. The molecule has 18 heavy (non-hydrogen) atoms. The first-order valence-corrected chi connectivity index (χ1v) is 5.57. The number of fused-ring (bicyclic) bond motifs is 3. The molecule has 0 saturated heterocycles. The van der Waals surface area contributed by atoms with Crippen LogP contribution in [0.1, 0.15) is 0 Å². The summed E-state index contributed by atoms with van der Waals surface area (Å²) >= 11 is 0. The molecule has 0 fully saturated rings. The van der Waals surface area contributed by atoms with Gasteiger partial charge in [-0.25, -0.2) is 0 Å². The molecule has 2 aromatic heterocycles. The molecule has 0 unspecified atom stereocenters. The van der Waals surface area contributed by atoms with Gasteiger partial charge in [0.25, 0.3) is 0 Å². The monoisotopic (exact) mass is 236 g/mol. The van der Waals surface area contributed by atoms with Crippen LogP contribution in [0.25, 0.3) is 33.3 Å². The third-order valence-corrected chi connectivity index (χ3v) is 2.98. The fourth-order valence-electron chi connectivity index (χ4n) is 2.15. The summed E-state index contributed by atoms with van der Waals surface area (Å²) in [4.78, 5) is 0. The molecule has 2 heterocycles. The van der Waals surface area contributed by atoms with E-state index in [0.717, 1.165) is 27.5 Å². The average Bonchev–Trinajstić information content (AvgIpc) is 3.05. The Balaban J connectivity index is 2.07. The van der Waals surface area contributed by atoms with E-state index in [2.05, 4.69) is 20.6 Å². The normalized spacial score (nSPS) is 11.3. The number of tetrazole rings is 1. The van der Waals surface area contributed by atoms with E-state index in [4.69, 9.17) is 4.42 Å². The largest absolute Gasteiger partial charge is 0.456 e. The van der Waals surface area contributed by atoms with Crippen LogP contribution in [0, 0.1) is 0 Å². The molecule has 0 aliphatic carbocycles. The van der Waals surface area contributed by atoms with Crippen molar-refractivity contribution in [2.45, 2.75) is 0 Å². The lowest BCUT2D eigenvalue weighted by Gasteiger charge is -1.94. The first-order chi connectivity index (χ1) is 8.92. The number of para-hydroxylation sites is 1. The number of benzene rings is 2. The fraction of sp³-hybridized carbons (Fsp3) is 0. The smallest absolute Gasteiger partial charge is 0.204 e. The molecule has 2 aromatic carbocycles. The summed E-state index contributed by atoms with van der Waals surface area (Å²) in [5.74, 6) is 0.585. The van der Waals surface area contributed by atoms with Crippen LogP contribution in [0.4, 0.5) is 0 Å². The number of rotatable bonds is 1. The maximum Gasteiger partial charge on any atom is 0.204 e. The van der Waals surface area contributed by atoms with Crippen molar-refractivity contribution < 1.29 is 4.42 Å². The molecule has 5 nitrogen and oxygen atoms in total. The van der Waals surface area contributed by atoms with Crippen molar-refractivity contribution in [3.05, 3.63) is 42.5 Å². The van der Waals surface area contributed by atoms with E-state index in [-0.39, 0.29) is 0 Å². The van der Waals surface area contributed by atoms with Gasteiger partial charge < -0.3 is 4.42 Å². The Labute approximate surface area is 101 Å². The van der Waals surface area contributed by atoms with Gasteiger partial charge in [0.15, 0.2) is 0 Å². The van der Waals surface area contributed by atoms with Crippen LogP contribution < -0.4 is 0 Å². The molecule has 0 radical (unpaired) electrons. The highest BCUT2D eigenvalue weighted by Gasteiger charge is 2.09. The Morgan fingerprint density at radius 3 is 2.72 bits per heavy atom. The van der Waals surface area contributed by atoms with E-state index in [9.17, 15) is 0 Å². The van der Waals surface area contributed by atoms with Crippen molar-refractivity contribution in [2.75, 3.05) is 0 Å². The number of nitrogens with one attached hydrogen (secondary N) is 1. The topological polar surface area (TPSA) is 67.6 Å². The van der Waals surface area contributed by atoms with Gasteiger partial charge in [-0.05, 0) is 29.5 Å². The summed E-state index contributed by atoms with van der Waals surface area (Å²) < 4.78 is 5.76. The van der Waals surface area contributed by atoms with E-state index in [1.807, 2.05) is 42.5 Å². The summed E-state index contributed by atoms with van der Waals surface area (Å²) in [6.07, 6.45) is 0. The van der Waals surface area contributed by atoms with Crippen molar-refractivity contribution in [1.82, 2.24) is 20.6 Å². The number of aromatic amines is 1. The minimum absolute atomic E-state index is 0.585. The van der Waals surface area contributed by atoms with Crippen LogP contribution in [-0.2, 0) is 0 Å². The molecule has 0 amide bonds. The molecular weight excluding hydrogens is 228 g/mol. The standard InChI is InChI=1S/C13H8N4O/c1-2-4-11-9(3-1)10-7-8(5-6-12(10)18-11)13-14-16-17-15-13/h1-7H,(H,14,15,16,17). The van der Waals surface area contributed by atoms with Gasteiger partial charge in [-0.15, -0.1) is 10.2 Å². The zero-order valence-electron chi connectivity index (χ0n) is 9.29. The van der Waals surface area contributed by atoms with Crippen LogP contribution in [0.15, 0.2) is 46.9 Å². The maximum atomic E-state index is 5.76. The van der Waals surface area contributed by atoms with E-state index in [1.165, 1.54) is 0 Å². The predicted octanol–water partition coefficient (Wildman–Crippen LogP) is 2.77. The molecule has 0 aliphatic rings. The molecular formula is C13H8N4O. The molecule has 0 saturated carbocycles. The Morgan fingerprint density at radius 2 is 1.83 bits per heavy atom. The van der Waals surface area contributed by atoms with E-state index in [1.54, 1.807) is 0 Å². The molecule has 0 spiro atoms. The van der Waals surface area contributed by atoms with Crippen LogP contribution in [0.2, 0.25) is 0 Å². The molecule has 86 valence electrons. The van der Waals surface area contributed by atoms with Crippen LogP contribution >= 0.6 is 0 Å². The molecule has 0 atom stereocenters. The number of nitrogens with zero attached hydrogens (tertiary/aromatic N) is 3. The average molecular weight is 236 g/mol. The van der Waals surface area contributed by atoms with Crippen LogP contribution in [-0.4, -0.2) is 20.6 Å². The number of hydrogen-bond donors (Lipinski definition) is 1. The third-order valence-electron chi connectivity index (χ3n) is 2.98. The minimum Gasteiger partial charge on any atom is -0.456 e. The van der Waals surface area contributed by atoms with Gasteiger partial charge in [-0.2, -0.15) is 5.21 Å². The van der Waals surface area contributed by atoms with Crippen molar-refractivity contribution in [3.8, 4) is 11.4 Å². The number of H-pyrrole nitrogens is 1. The molecule has 0 aliphatic heterocycles. The van der Waals surface area contributed by atoms with Gasteiger partial charge >= 0.3 is 0 Å². The van der Waals surface area contributed by atoms with Crippen LogP contribution in [0.5, 0.6) is 0 Å². The highest BCUT2D eigenvalue weighted by atomic mass is 16.3. The third kappa shape index (κ3) is 1.24. The summed E-state index contributed by atoms with van der Waals surface area (Å²) in [6.45, 7) is 0. The summed E-state index contributed by atoms with van der Waals surface area (Å²) in [7, 11) is 0. The lowest BCUT2D eigenvalue weighted by Crippen LogP contribution is -1.80. The van der Waals surface area contributed by atoms with Gasteiger partial charge in [0.2, 0.25) is 5.82 Å². The molecule has 5 heteroatoms. The van der Waals surface area contributed by atoms with Gasteiger partial charge in [0.1, 0.15) is 11.2 Å². The van der Waals surface area contributed by atoms with Crippen molar-refractivity contribution in [2.24, 2.45) is 0 Å². The predicted molar refractivity (Wildman–Crippen MR) is 66.9 cm³/mol. The molecule has 0 bridgehead atoms. The van der Waals surface area contributed by atoms with Gasteiger partial charge in [-0.3, -0.25) is 0 Å². The van der Waals surface area contributed by atoms with E-state index < -0.39 is 0 Å². The summed E-state index contributed by atoms with van der Waals surface area (Å²) in [5.41, 5.74) is 2.67. The number of hydrogen-bond acceptors (Lipinski definition) is 4. The van der Waals surface area contributed by atoms with Crippen molar-refractivity contribution >= 4 is 21.9 Å². The lowest BCUT2D eigenvalue weighted by molar-refractivity contribution is 0.669. The summed E-state index contributed by atoms with van der Waals surface area (Å²) in [6, 6.07) is 13.8. The lowest BCUT2D eigenvalue weighted by atomic mass is 10.1. The number of aromatic nitrogens is 4. The van der Waals surface area contributed by atoms with Crippen LogP contribution in [0.3, 0.4) is 0 Å². The molecule has 4 aromatic rings. The Hall–Kier alpha value is -2.69. The highest BCUT2D eigenvalue weighted by molar-refractivity contribution is 6.05. The second-order valence-corrected chi connectivity index (χ2v) is 4.04. The maximum absolute atomic E-state index is 5.76. The molecule has 1 N–H and O–H groups in total. The van der Waals surface area contributed by atoms with Gasteiger partial charge in [0.05, 0.1) is 0 Å². The Morgan fingerprint density at radius 1 is 0.944 bits per heavy atom. The number of furan rings is 1. The summed E-state index contributed by atoms with van der Waals surface area (Å²) in [5, 5.41) is 16.1. The zero-order chi connectivity index (χ0) is 11.9. The van der Waals surface area contributed by atoms with Crippen molar-refractivity contribution in [3.63, 3.8) is 0 Å². The minimum atomic E-state index is 0.585. The Bertz CT molecular complexity index is 833. The highest BCUT2D eigenvalue weighted by Crippen LogP contribution is 2.30. The first kappa shape index (κ1) is 9.35. The van der Waals surface area contributed by atoms with Gasteiger partial charge in [-0.1, -0.05) is 18.2 Å². The first-order valence-electron chi connectivity index (χ1n) is 5.57.